The molecule has 0 aromatic heterocycles. The molecule has 0 radical (unpaired) electrons. The summed E-state index contributed by atoms with van der Waals surface area (Å²) in [6.07, 6.45) is 1.52. The lowest BCUT2D eigenvalue weighted by atomic mass is 10.0. The van der Waals surface area contributed by atoms with E-state index in [2.05, 4.69) is 5.32 Å². The van der Waals surface area contributed by atoms with Gasteiger partial charge in [0.15, 0.2) is 0 Å². The topological polar surface area (TPSA) is 58.6 Å². The van der Waals surface area contributed by atoms with E-state index in [1.54, 1.807) is 19.1 Å². The summed E-state index contributed by atoms with van der Waals surface area (Å²) >= 11 is 6.17. The number of carbonyl (C=O) groups excluding carboxylic acids is 2. The zero-order valence-electron chi connectivity index (χ0n) is 15.3. The molecule has 6 heteroatoms. The van der Waals surface area contributed by atoms with Crippen molar-refractivity contribution >= 4 is 23.4 Å². The lowest BCUT2D eigenvalue weighted by molar-refractivity contribution is -0.129. The van der Waals surface area contributed by atoms with Gasteiger partial charge in [0.2, 0.25) is 5.91 Å². The van der Waals surface area contributed by atoms with Gasteiger partial charge in [-0.1, -0.05) is 41.9 Å². The Hall–Kier alpha value is -2.53. The van der Waals surface area contributed by atoms with Crippen molar-refractivity contribution < 1.29 is 14.3 Å². The highest BCUT2D eigenvalue weighted by atomic mass is 35.5. The predicted octanol–water partition coefficient (Wildman–Crippen LogP) is 3.66. The number of para-hydroxylation sites is 1. The number of halogens is 1. The summed E-state index contributed by atoms with van der Waals surface area (Å²) < 4.78 is 5.86. The number of nitrogens with one attached hydrogen (secondary N) is 1. The number of likely N-dealkylation sites (tertiary alicyclic amines) is 1. The number of piperidine rings is 1. The smallest absolute Gasteiger partial charge is 0.255 e. The highest BCUT2D eigenvalue weighted by molar-refractivity contribution is 6.31. The van der Waals surface area contributed by atoms with Gasteiger partial charge in [0.05, 0.1) is 5.56 Å². The van der Waals surface area contributed by atoms with E-state index in [1.165, 1.54) is 0 Å². The average Bonchev–Trinajstić information content (AvgIpc) is 2.68. The standard InChI is InChI=1S/C21H23ClN2O3/c1-15(25)24-12-10-17(11-13-24)23-21(26)18-7-3-5-9-20(18)27-14-16-6-2-4-8-19(16)22/h2-9,17H,10-14H2,1H3,(H,23,26). The molecule has 1 N–H and O–H groups in total. The molecule has 1 aliphatic heterocycles. The molecule has 0 bridgehead atoms. The third-order valence-corrected chi connectivity index (χ3v) is 5.12. The third kappa shape index (κ3) is 5.01. The molecule has 2 aromatic rings. The van der Waals surface area contributed by atoms with Gasteiger partial charge in [0.25, 0.3) is 5.91 Å². The molecule has 0 aliphatic carbocycles. The van der Waals surface area contributed by atoms with Crippen molar-refractivity contribution in [3.8, 4) is 5.75 Å². The first-order valence-electron chi connectivity index (χ1n) is 9.06. The molecular formula is C21H23ClN2O3. The molecule has 1 fully saturated rings. The Labute approximate surface area is 164 Å². The normalized spacial score (nSPS) is 14.7. The average molecular weight is 387 g/mol. The molecule has 1 saturated heterocycles. The summed E-state index contributed by atoms with van der Waals surface area (Å²) in [6, 6.07) is 14.7. The Morgan fingerprint density at radius 2 is 1.78 bits per heavy atom. The molecule has 2 amide bonds. The van der Waals surface area contributed by atoms with Crippen molar-refractivity contribution in [2.75, 3.05) is 13.1 Å². The van der Waals surface area contributed by atoms with Crippen LogP contribution in [-0.4, -0.2) is 35.8 Å². The van der Waals surface area contributed by atoms with E-state index in [4.69, 9.17) is 16.3 Å². The van der Waals surface area contributed by atoms with Gasteiger partial charge >= 0.3 is 0 Å². The second-order valence-corrected chi connectivity index (χ2v) is 7.04. The van der Waals surface area contributed by atoms with Crippen molar-refractivity contribution in [1.29, 1.82) is 0 Å². The van der Waals surface area contributed by atoms with E-state index in [9.17, 15) is 9.59 Å². The van der Waals surface area contributed by atoms with Crippen LogP contribution in [0.1, 0.15) is 35.7 Å². The van der Waals surface area contributed by atoms with E-state index < -0.39 is 0 Å². The van der Waals surface area contributed by atoms with E-state index in [1.807, 2.05) is 41.3 Å². The summed E-state index contributed by atoms with van der Waals surface area (Å²) in [5, 5.41) is 3.70. The summed E-state index contributed by atoms with van der Waals surface area (Å²) in [5.41, 5.74) is 1.37. The number of carbonyl (C=O) groups is 2. The molecule has 5 nitrogen and oxygen atoms in total. The van der Waals surface area contributed by atoms with Gasteiger partial charge in [-0.25, -0.2) is 0 Å². The van der Waals surface area contributed by atoms with E-state index in [0.29, 0.717) is 36.0 Å². The van der Waals surface area contributed by atoms with Crippen LogP contribution in [0, 0.1) is 0 Å². The molecule has 1 heterocycles. The number of hydrogen-bond acceptors (Lipinski definition) is 3. The largest absolute Gasteiger partial charge is 0.488 e. The fourth-order valence-corrected chi connectivity index (χ4v) is 3.34. The Morgan fingerprint density at radius 1 is 1.11 bits per heavy atom. The molecular weight excluding hydrogens is 364 g/mol. The Balaban J connectivity index is 1.62. The lowest BCUT2D eigenvalue weighted by Crippen LogP contribution is -2.46. The maximum absolute atomic E-state index is 12.7. The van der Waals surface area contributed by atoms with Gasteiger partial charge in [-0.05, 0) is 31.0 Å². The molecule has 3 rings (SSSR count). The van der Waals surface area contributed by atoms with Crippen molar-refractivity contribution in [3.05, 3.63) is 64.7 Å². The summed E-state index contributed by atoms with van der Waals surface area (Å²) in [6.45, 7) is 3.21. The Kier molecular flexibility index (Phi) is 6.35. The highest BCUT2D eigenvalue weighted by Crippen LogP contribution is 2.22. The zero-order chi connectivity index (χ0) is 19.2. The first-order valence-corrected chi connectivity index (χ1v) is 9.44. The van der Waals surface area contributed by atoms with E-state index in [0.717, 1.165) is 18.4 Å². The minimum atomic E-state index is -0.161. The first kappa shape index (κ1) is 19.2. The van der Waals surface area contributed by atoms with Crippen molar-refractivity contribution in [3.63, 3.8) is 0 Å². The highest BCUT2D eigenvalue weighted by Gasteiger charge is 2.23. The van der Waals surface area contributed by atoms with Crippen LogP contribution >= 0.6 is 11.6 Å². The molecule has 2 aromatic carbocycles. The van der Waals surface area contributed by atoms with Crippen LogP contribution in [0.5, 0.6) is 5.75 Å². The van der Waals surface area contributed by atoms with Gasteiger partial charge in [0, 0.05) is 36.6 Å². The SMILES string of the molecule is CC(=O)N1CCC(NC(=O)c2ccccc2OCc2ccccc2Cl)CC1. The predicted molar refractivity (Wildman–Crippen MR) is 105 cm³/mol. The number of amides is 2. The maximum atomic E-state index is 12.7. The molecule has 0 atom stereocenters. The lowest BCUT2D eigenvalue weighted by Gasteiger charge is -2.31. The van der Waals surface area contributed by atoms with Gasteiger partial charge < -0.3 is 15.0 Å². The van der Waals surface area contributed by atoms with Gasteiger partial charge in [-0.15, -0.1) is 0 Å². The second-order valence-electron chi connectivity index (χ2n) is 6.63. The van der Waals surface area contributed by atoms with Crippen LogP contribution in [0.3, 0.4) is 0 Å². The molecule has 1 aliphatic rings. The van der Waals surface area contributed by atoms with Gasteiger partial charge in [-0.2, -0.15) is 0 Å². The molecule has 27 heavy (non-hydrogen) atoms. The van der Waals surface area contributed by atoms with Crippen molar-refractivity contribution in [2.24, 2.45) is 0 Å². The number of ether oxygens (including phenoxy) is 1. The number of benzene rings is 2. The minimum Gasteiger partial charge on any atom is -0.488 e. The van der Waals surface area contributed by atoms with E-state index in [-0.39, 0.29) is 17.9 Å². The van der Waals surface area contributed by atoms with Crippen LogP contribution in [0.2, 0.25) is 5.02 Å². The Bertz CT molecular complexity index is 817. The molecule has 0 saturated carbocycles. The van der Waals surface area contributed by atoms with Crippen LogP contribution in [0.4, 0.5) is 0 Å². The van der Waals surface area contributed by atoms with Crippen LogP contribution in [0.15, 0.2) is 48.5 Å². The van der Waals surface area contributed by atoms with Crippen molar-refractivity contribution in [1.82, 2.24) is 10.2 Å². The van der Waals surface area contributed by atoms with Gasteiger partial charge in [0.1, 0.15) is 12.4 Å². The van der Waals surface area contributed by atoms with Crippen molar-refractivity contribution in [2.45, 2.75) is 32.4 Å². The third-order valence-electron chi connectivity index (χ3n) is 4.75. The van der Waals surface area contributed by atoms with E-state index >= 15 is 0 Å². The number of nitrogens with zero attached hydrogens (tertiary/aromatic N) is 1. The summed E-state index contributed by atoms with van der Waals surface area (Å²) in [5.74, 6) is 0.445. The fraction of sp³-hybridized carbons (Fsp3) is 0.333. The van der Waals surface area contributed by atoms with Gasteiger partial charge in [-0.3, -0.25) is 9.59 Å². The minimum absolute atomic E-state index is 0.0599. The number of rotatable bonds is 5. The number of hydrogen-bond donors (Lipinski definition) is 1. The van der Waals surface area contributed by atoms with Crippen LogP contribution in [0.25, 0.3) is 0 Å². The maximum Gasteiger partial charge on any atom is 0.255 e. The second kappa shape index (κ2) is 8.91. The fourth-order valence-electron chi connectivity index (χ4n) is 3.15. The summed E-state index contributed by atoms with van der Waals surface area (Å²) in [7, 11) is 0. The first-order chi connectivity index (χ1) is 13.0. The zero-order valence-corrected chi connectivity index (χ0v) is 16.0. The molecule has 142 valence electrons. The van der Waals surface area contributed by atoms with Crippen LogP contribution < -0.4 is 10.1 Å². The Morgan fingerprint density at radius 3 is 2.48 bits per heavy atom. The quantitative estimate of drug-likeness (QED) is 0.853. The molecule has 0 unspecified atom stereocenters. The van der Waals surface area contributed by atoms with Crippen LogP contribution in [-0.2, 0) is 11.4 Å². The summed E-state index contributed by atoms with van der Waals surface area (Å²) in [4.78, 5) is 26.0. The molecule has 0 spiro atoms. The monoisotopic (exact) mass is 386 g/mol.